The molecule has 1 atom stereocenters. The molecular weight excluding hydrogens is 192 g/mol. The Morgan fingerprint density at radius 3 is 2.87 bits per heavy atom. The molecule has 1 heterocycles. The van der Waals surface area contributed by atoms with Crippen LogP contribution in [0.15, 0.2) is 18.3 Å². The largest absolute Gasteiger partial charge is 0.392 e. The number of hydrogen-bond acceptors (Lipinski definition) is 3. The van der Waals surface area contributed by atoms with Gasteiger partial charge in [0.1, 0.15) is 0 Å². The van der Waals surface area contributed by atoms with Crippen molar-refractivity contribution >= 4 is 5.91 Å². The van der Waals surface area contributed by atoms with Crippen LogP contribution in [-0.4, -0.2) is 40.6 Å². The summed E-state index contributed by atoms with van der Waals surface area (Å²) in [5.74, 6) is -0.110. The summed E-state index contributed by atoms with van der Waals surface area (Å²) < 4.78 is 0. The molecule has 1 aromatic rings. The first-order chi connectivity index (χ1) is 7.02. The van der Waals surface area contributed by atoms with Gasteiger partial charge in [-0.05, 0) is 26.0 Å². The minimum atomic E-state index is -0.518. The summed E-state index contributed by atoms with van der Waals surface area (Å²) in [5.41, 5.74) is 1.29. The van der Waals surface area contributed by atoms with Gasteiger partial charge >= 0.3 is 0 Å². The van der Waals surface area contributed by atoms with Crippen molar-refractivity contribution in [1.29, 1.82) is 0 Å². The molecule has 0 aromatic carbocycles. The van der Waals surface area contributed by atoms with Crippen molar-refractivity contribution < 1.29 is 9.90 Å². The smallest absolute Gasteiger partial charge is 0.255 e. The van der Waals surface area contributed by atoms with Gasteiger partial charge in [0, 0.05) is 25.5 Å². The molecule has 1 aromatic heterocycles. The summed E-state index contributed by atoms with van der Waals surface area (Å²) in [6.45, 7) is 3.77. The second-order valence-electron chi connectivity index (χ2n) is 3.67. The van der Waals surface area contributed by atoms with Gasteiger partial charge in [-0.1, -0.05) is 0 Å². The fourth-order valence-electron chi connectivity index (χ4n) is 1.40. The number of carbonyl (C=O) groups excluding carboxylic acids is 1. The minimum Gasteiger partial charge on any atom is -0.392 e. The first-order valence-electron chi connectivity index (χ1n) is 4.87. The fourth-order valence-corrected chi connectivity index (χ4v) is 1.40. The summed E-state index contributed by atoms with van der Waals surface area (Å²) in [5, 5.41) is 9.18. The van der Waals surface area contributed by atoms with Crippen LogP contribution in [0.1, 0.15) is 23.0 Å². The zero-order valence-corrected chi connectivity index (χ0v) is 9.27. The van der Waals surface area contributed by atoms with Gasteiger partial charge < -0.3 is 10.0 Å². The van der Waals surface area contributed by atoms with Crippen LogP contribution in [0, 0.1) is 6.92 Å². The molecule has 1 rings (SSSR count). The van der Waals surface area contributed by atoms with Crippen LogP contribution >= 0.6 is 0 Å². The number of nitrogens with zero attached hydrogens (tertiary/aromatic N) is 2. The molecule has 1 N–H and O–H groups in total. The predicted molar refractivity (Wildman–Crippen MR) is 57.6 cm³/mol. The van der Waals surface area contributed by atoms with Crippen molar-refractivity contribution in [2.45, 2.75) is 20.0 Å². The van der Waals surface area contributed by atoms with Gasteiger partial charge in [-0.3, -0.25) is 9.78 Å². The summed E-state index contributed by atoms with van der Waals surface area (Å²) in [7, 11) is 1.67. The number of pyridine rings is 1. The number of aliphatic hydroxyl groups is 1. The zero-order chi connectivity index (χ0) is 11.4. The Labute approximate surface area is 89.6 Å². The highest BCUT2D eigenvalue weighted by Crippen LogP contribution is 2.07. The van der Waals surface area contributed by atoms with Crippen LogP contribution in [0.3, 0.4) is 0 Å². The third-order valence-corrected chi connectivity index (χ3v) is 2.12. The number of hydrogen-bond donors (Lipinski definition) is 1. The van der Waals surface area contributed by atoms with E-state index in [9.17, 15) is 9.90 Å². The van der Waals surface area contributed by atoms with E-state index in [1.807, 2.05) is 0 Å². The molecule has 0 saturated heterocycles. The van der Waals surface area contributed by atoms with Gasteiger partial charge in [0.05, 0.1) is 11.7 Å². The molecule has 0 aliphatic carbocycles. The van der Waals surface area contributed by atoms with Crippen molar-refractivity contribution in [2.75, 3.05) is 13.6 Å². The molecule has 0 saturated carbocycles. The quantitative estimate of drug-likeness (QED) is 0.801. The fraction of sp³-hybridized carbons (Fsp3) is 0.455. The van der Waals surface area contributed by atoms with E-state index in [0.29, 0.717) is 17.8 Å². The summed E-state index contributed by atoms with van der Waals surface area (Å²) in [6.07, 6.45) is 1.14. The van der Waals surface area contributed by atoms with E-state index in [-0.39, 0.29) is 5.91 Å². The summed E-state index contributed by atoms with van der Waals surface area (Å²) in [6, 6.07) is 3.47. The molecule has 0 bridgehead atoms. The molecule has 4 nitrogen and oxygen atoms in total. The number of aromatic nitrogens is 1. The van der Waals surface area contributed by atoms with Crippen LogP contribution in [0.5, 0.6) is 0 Å². The van der Waals surface area contributed by atoms with Crippen molar-refractivity contribution in [3.63, 3.8) is 0 Å². The normalized spacial score (nSPS) is 12.3. The highest BCUT2D eigenvalue weighted by atomic mass is 16.3. The lowest BCUT2D eigenvalue weighted by Crippen LogP contribution is -2.33. The average Bonchev–Trinajstić information content (AvgIpc) is 2.16. The van der Waals surface area contributed by atoms with Crippen molar-refractivity contribution in [1.82, 2.24) is 9.88 Å². The van der Waals surface area contributed by atoms with E-state index in [4.69, 9.17) is 0 Å². The second-order valence-corrected chi connectivity index (χ2v) is 3.67. The Morgan fingerprint density at radius 1 is 1.67 bits per heavy atom. The second kappa shape index (κ2) is 4.89. The Hall–Kier alpha value is -1.42. The molecule has 0 fully saturated rings. The summed E-state index contributed by atoms with van der Waals surface area (Å²) in [4.78, 5) is 17.4. The van der Waals surface area contributed by atoms with E-state index in [0.717, 1.165) is 0 Å². The maximum atomic E-state index is 11.9. The van der Waals surface area contributed by atoms with Crippen molar-refractivity contribution in [3.05, 3.63) is 29.6 Å². The molecule has 0 aliphatic rings. The molecule has 4 heteroatoms. The van der Waals surface area contributed by atoms with Crippen LogP contribution < -0.4 is 0 Å². The lowest BCUT2D eigenvalue weighted by Gasteiger charge is -2.19. The molecule has 0 radical (unpaired) electrons. The number of aliphatic hydroxyl groups excluding tert-OH is 1. The van der Waals surface area contributed by atoms with Crippen LogP contribution in [0.4, 0.5) is 0 Å². The standard InChI is InChI=1S/C11H16N2O2/c1-8(14)7-13(3)11(15)10-5-4-6-12-9(10)2/h4-6,8,14H,7H2,1-3H3. The maximum absolute atomic E-state index is 11.9. The SMILES string of the molecule is Cc1ncccc1C(=O)N(C)CC(C)O. The molecular formula is C11H16N2O2. The molecule has 1 unspecified atom stereocenters. The number of aryl methyl sites for hydroxylation is 1. The third-order valence-electron chi connectivity index (χ3n) is 2.12. The first-order valence-corrected chi connectivity index (χ1v) is 4.87. The van der Waals surface area contributed by atoms with Crippen LogP contribution in [-0.2, 0) is 0 Å². The van der Waals surface area contributed by atoms with Gasteiger partial charge in [-0.25, -0.2) is 0 Å². The highest BCUT2D eigenvalue weighted by Gasteiger charge is 2.15. The van der Waals surface area contributed by atoms with E-state index >= 15 is 0 Å². The van der Waals surface area contributed by atoms with Gasteiger partial charge in [0.2, 0.25) is 0 Å². The van der Waals surface area contributed by atoms with E-state index in [2.05, 4.69) is 4.98 Å². The Kier molecular flexibility index (Phi) is 3.80. The lowest BCUT2D eigenvalue weighted by molar-refractivity contribution is 0.0702. The molecule has 0 aliphatic heterocycles. The number of carbonyl (C=O) groups is 1. The molecule has 1 amide bonds. The monoisotopic (exact) mass is 208 g/mol. The maximum Gasteiger partial charge on any atom is 0.255 e. The van der Waals surface area contributed by atoms with Gasteiger partial charge in [0.25, 0.3) is 5.91 Å². The first kappa shape index (κ1) is 11.7. The highest BCUT2D eigenvalue weighted by molar-refractivity contribution is 5.95. The van der Waals surface area contributed by atoms with Crippen LogP contribution in [0.25, 0.3) is 0 Å². The van der Waals surface area contributed by atoms with Gasteiger partial charge in [-0.15, -0.1) is 0 Å². The zero-order valence-electron chi connectivity index (χ0n) is 9.27. The Bertz CT molecular complexity index is 350. The minimum absolute atomic E-state index is 0.110. The predicted octanol–water partition coefficient (Wildman–Crippen LogP) is 0.843. The molecule has 15 heavy (non-hydrogen) atoms. The number of amides is 1. The Morgan fingerprint density at radius 2 is 2.33 bits per heavy atom. The van der Waals surface area contributed by atoms with E-state index in [1.165, 1.54) is 4.90 Å². The van der Waals surface area contributed by atoms with Gasteiger partial charge in [0.15, 0.2) is 0 Å². The molecule has 0 spiro atoms. The lowest BCUT2D eigenvalue weighted by atomic mass is 10.2. The average molecular weight is 208 g/mol. The van der Waals surface area contributed by atoms with E-state index < -0.39 is 6.10 Å². The van der Waals surface area contributed by atoms with E-state index in [1.54, 1.807) is 39.2 Å². The molecule has 82 valence electrons. The Balaban J connectivity index is 2.81. The number of likely N-dealkylation sites (N-methyl/N-ethyl adjacent to an activating group) is 1. The summed E-state index contributed by atoms with van der Waals surface area (Å²) >= 11 is 0. The van der Waals surface area contributed by atoms with Crippen molar-refractivity contribution in [2.24, 2.45) is 0 Å². The number of rotatable bonds is 3. The topological polar surface area (TPSA) is 53.4 Å². The van der Waals surface area contributed by atoms with Gasteiger partial charge in [-0.2, -0.15) is 0 Å². The van der Waals surface area contributed by atoms with Crippen LogP contribution in [0.2, 0.25) is 0 Å². The van der Waals surface area contributed by atoms with Crippen molar-refractivity contribution in [3.8, 4) is 0 Å². The third kappa shape index (κ3) is 3.02.